The molecule has 1 unspecified atom stereocenters. The van der Waals surface area contributed by atoms with Crippen molar-refractivity contribution >= 4 is 5.91 Å². The van der Waals surface area contributed by atoms with Crippen LogP contribution in [0.3, 0.4) is 0 Å². The summed E-state index contributed by atoms with van der Waals surface area (Å²) in [7, 11) is 1.60. The van der Waals surface area contributed by atoms with E-state index in [4.69, 9.17) is 9.15 Å². The Morgan fingerprint density at radius 3 is 2.61 bits per heavy atom. The molecule has 0 aliphatic carbocycles. The average Bonchev–Trinajstić information content (AvgIpc) is 3.20. The Morgan fingerprint density at radius 2 is 1.89 bits per heavy atom. The Kier molecular flexibility index (Phi) is 6.42. The fourth-order valence-corrected chi connectivity index (χ4v) is 3.08. The van der Waals surface area contributed by atoms with Crippen LogP contribution in [0, 0.1) is 5.92 Å². The Hall–Kier alpha value is -3.15. The summed E-state index contributed by atoms with van der Waals surface area (Å²) in [6, 6.07) is 17.5. The summed E-state index contributed by atoms with van der Waals surface area (Å²) in [6.45, 7) is 4.46. The number of hydrogen-bond acceptors (Lipinski definition) is 5. The molecule has 0 fully saturated rings. The average molecular weight is 379 g/mol. The molecule has 3 aromatic rings. The number of nitrogens with zero attached hydrogens (tertiary/aromatic N) is 2. The highest BCUT2D eigenvalue weighted by molar-refractivity contribution is 5.76. The monoisotopic (exact) mass is 379 g/mol. The van der Waals surface area contributed by atoms with Gasteiger partial charge < -0.3 is 14.5 Å². The number of aromatic nitrogens is 2. The summed E-state index contributed by atoms with van der Waals surface area (Å²) in [4.78, 5) is 12.4. The van der Waals surface area contributed by atoms with Crippen LogP contribution in [-0.4, -0.2) is 23.2 Å². The van der Waals surface area contributed by atoms with Gasteiger partial charge in [-0.15, -0.1) is 10.2 Å². The number of rotatable bonds is 8. The summed E-state index contributed by atoms with van der Waals surface area (Å²) in [5.41, 5.74) is 1.94. The first-order valence-corrected chi connectivity index (χ1v) is 9.35. The summed E-state index contributed by atoms with van der Waals surface area (Å²) in [5, 5.41) is 11.0. The molecule has 1 atom stereocenters. The Balaban J connectivity index is 1.59. The second-order valence-electron chi connectivity index (χ2n) is 6.97. The first-order valence-electron chi connectivity index (χ1n) is 9.35. The predicted molar refractivity (Wildman–Crippen MR) is 107 cm³/mol. The van der Waals surface area contributed by atoms with Crippen molar-refractivity contribution in [3.8, 4) is 17.2 Å². The van der Waals surface area contributed by atoms with E-state index in [1.807, 2.05) is 42.5 Å². The molecule has 1 amide bonds. The van der Waals surface area contributed by atoms with E-state index in [0.717, 1.165) is 5.56 Å². The van der Waals surface area contributed by atoms with Crippen LogP contribution in [0.1, 0.15) is 37.6 Å². The summed E-state index contributed by atoms with van der Waals surface area (Å²) >= 11 is 0. The molecule has 3 rings (SSSR count). The summed E-state index contributed by atoms with van der Waals surface area (Å²) in [5.74, 6) is 1.96. The van der Waals surface area contributed by atoms with Crippen LogP contribution in [0.4, 0.5) is 0 Å². The van der Waals surface area contributed by atoms with Crippen LogP contribution in [-0.2, 0) is 11.3 Å². The van der Waals surface area contributed by atoms with Gasteiger partial charge in [0.05, 0.1) is 13.7 Å². The van der Waals surface area contributed by atoms with Gasteiger partial charge in [-0.25, -0.2) is 0 Å². The number of benzene rings is 2. The minimum absolute atomic E-state index is 0.0383. The third kappa shape index (κ3) is 4.97. The lowest BCUT2D eigenvalue weighted by atomic mass is 9.85. The van der Waals surface area contributed by atoms with E-state index in [1.165, 1.54) is 5.56 Å². The molecule has 28 heavy (non-hydrogen) atoms. The van der Waals surface area contributed by atoms with Gasteiger partial charge in [0.25, 0.3) is 0 Å². The van der Waals surface area contributed by atoms with E-state index in [1.54, 1.807) is 7.11 Å². The second kappa shape index (κ2) is 9.17. The summed E-state index contributed by atoms with van der Waals surface area (Å²) < 4.78 is 10.9. The van der Waals surface area contributed by atoms with Gasteiger partial charge in [0.1, 0.15) is 5.75 Å². The Bertz CT molecular complexity index is 906. The number of carbonyl (C=O) groups excluding carboxylic acids is 1. The van der Waals surface area contributed by atoms with Gasteiger partial charge in [-0.05, 0) is 35.6 Å². The van der Waals surface area contributed by atoms with Gasteiger partial charge in [-0.2, -0.15) is 0 Å². The molecule has 0 aliphatic heterocycles. The van der Waals surface area contributed by atoms with E-state index < -0.39 is 0 Å². The van der Waals surface area contributed by atoms with E-state index in [0.29, 0.717) is 29.9 Å². The van der Waals surface area contributed by atoms with E-state index in [2.05, 4.69) is 41.5 Å². The molecule has 1 N–H and O–H groups in total. The molecule has 0 saturated heterocycles. The van der Waals surface area contributed by atoms with Crippen molar-refractivity contribution in [1.82, 2.24) is 15.5 Å². The molecular formula is C22H25N3O3. The summed E-state index contributed by atoms with van der Waals surface area (Å²) in [6.07, 6.45) is 0.415. The minimum Gasteiger partial charge on any atom is -0.497 e. The van der Waals surface area contributed by atoms with Gasteiger partial charge in [0.2, 0.25) is 17.7 Å². The largest absolute Gasteiger partial charge is 0.497 e. The van der Waals surface area contributed by atoms with Crippen LogP contribution in [0.2, 0.25) is 0 Å². The van der Waals surface area contributed by atoms with Gasteiger partial charge in [-0.1, -0.05) is 50.2 Å². The lowest BCUT2D eigenvalue weighted by Gasteiger charge is -2.20. The molecular weight excluding hydrogens is 354 g/mol. The fourth-order valence-electron chi connectivity index (χ4n) is 3.08. The molecule has 0 saturated carbocycles. The number of amides is 1. The maximum absolute atomic E-state index is 12.4. The highest BCUT2D eigenvalue weighted by atomic mass is 16.5. The maximum atomic E-state index is 12.4. The predicted octanol–water partition coefficient (Wildman–Crippen LogP) is 4.19. The van der Waals surface area contributed by atoms with Crippen molar-refractivity contribution in [3.05, 3.63) is 66.1 Å². The molecule has 0 bridgehead atoms. The normalized spacial score (nSPS) is 12.0. The quantitative estimate of drug-likeness (QED) is 0.635. The smallest absolute Gasteiger partial charge is 0.247 e. The number of ether oxygens (including phenoxy) is 1. The third-order valence-corrected chi connectivity index (χ3v) is 4.66. The highest BCUT2D eigenvalue weighted by Crippen LogP contribution is 2.27. The lowest BCUT2D eigenvalue weighted by Crippen LogP contribution is -2.26. The maximum Gasteiger partial charge on any atom is 0.247 e. The van der Waals surface area contributed by atoms with Crippen LogP contribution in [0.5, 0.6) is 5.75 Å². The molecule has 0 aliphatic rings. The molecule has 0 radical (unpaired) electrons. The van der Waals surface area contributed by atoms with Crippen molar-refractivity contribution in [2.75, 3.05) is 7.11 Å². The number of hydrogen-bond donors (Lipinski definition) is 1. The van der Waals surface area contributed by atoms with Crippen molar-refractivity contribution < 1.29 is 13.9 Å². The first-order chi connectivity index (χ1) is 13.6. The molecule has 0 spiro atoms. The van der Waals surface area contributed by atoms with Crippen molar-refractivity contribution in [2.24, 2.45) is 5.92 Å². The van der Waals surface area contributed by atoms with Crippen molar-refractivity contribution in [1.29, 1.82) is 0 Å². The van der Waals surface area contributed by atoms with Gasteiger partial charge in [0, 0.05) is 12.0 Å². The van der Waals surface area contributed by atoms with Crippen molar-refractivity contribution in [2.45, 2.75) is 32.7 Å². The fraction of sp³-hybridized carbons (Fsp3) is 0.318. The Morgan fingerprint density at radius 1 is 1.11 bits per heavy atom. The zero-order chi connectivity index (χ0) is 19.9. The Labute approximate surface area is 164 Å². The number of nitrogens with one attached hydrogen (secondary N) is 1. The minimum atomic E-state index is -0.0383. The van der Waals surface area contributed by atoms with E-state index >= 15 is 0 Å². The van der Waals surface area contributed by atoms with Crippen LogP contribution in [0.15, 0.2) is 59.0 Å². The van der Waals surface area contributed by atoms with Crippen LogP contribution >= 0.6 is 0 Å². The second-order valence-corrected chi connectivity index (χ2v) is 6.97. The zero-order valence-electron chi connectivity index (χ0n) is 16.4. The molecule has 1 heterocycles. The molecule has 6 nitrogen and oxygen atoms in total. The number of methoxy groups -OCH3 is 1. The first kappa shape index (κ1) is 19.6. The topological polar surface area (TPSA) is 77.3 Å². The van der Waals surface area contributed by atoms with Gasteiger partial charge in [0.15, 0.2) is 0 Å². The molecule has 146 valence electrons. The van der Waals surface area contributed by atoms with Gasteiger partial charge >= 0.3 is 0 Å². The number of carbonyl (C=O) groups is 1. The van der Waals surface area contributed by atoms with Crippen molar-refractivity contribution in [3.63, 3.8) is 0 Å². The van der Waals surface area contributed by atoms with E-state index in [9.17, 15) is 4.79 Å². The van der Waals surface area contributed by atoms with Crippen LogP contribution in [0.25, 0.3) is 11.5 Å². The van der Waals surface area contributed by atoms with Crippen LogP contribution < -0.4 is 10.1 Å². The lowest BCUT2D eigenvalue weighted by molar-refractivity contribution is -0.122. The van der Waals surface area contributed by atoms with E-state index in [-0.39, 0.29) is 18.4 Å². The SMILES string of the molecule is COc1cccc(-c2nnc(CNC(=O)CC(c3ccccc3)C(C)C)o2)c1. The third-order valence-electron chi connectivity index (χ3n) is 4.66. The highest BCUT2D eigenvalue weighted by Gasteiger charge is 2.20. The zero-order valence-corrected chi connectivity index (χ0v) is 16.4. The molecule has 6 heteroatoms. The molecule has 2 aromatic carbocycles. The van der Waals surface area contributed by atoms with Gasteiger partial charge in [-0.3, -0.25) is 4.79 Å². The molecule has 1 aromatic heterocycles. The standard InChI is InChI=1S/C22H25N3O3/c1-15(2)19(16-8-5-4-6-9-16)13-20(26)23-14-21-24-25-22(28-21)17-10-7-11-18(12-17)27-3/h4-12,15,19H,13-14H2,1-3H3,(H,23,26).